The van der Waals surface area contributed by atoms with Crippen LogP contribution in [0.5, 0.6) is 0 Å². The molecule has 1 aromatic carbocycles. The molecule has 8 nitrogen and oxygen atoms in total. The van der Waals surface area contributed by atoms with Crippen LogP contribution in [0.4, 0.5) is 11.5 Å². The van der Waals surface area contributed by atoms with Gasteiger partial charge in [-0.05, 0) is 62.9 Å². The van der Waals surface area contributed by atoms with Crippen LogP contribution < -0.4 is 9.80 Å². The number of aromatic nitrogens is 1. The van der Waals surface area contributed by atoms with E-state index in [4.69, 9.17) is 0 Å². The predicted octanol–water partition coefficient (Wildman–Crippen LogP) is 2.62. The highest BCUT2D eigenvalue weighted by Crippen LogP contribution is 2.33. The van der Waals surface area contributed by atoms with Gasteiger partial charge in [0.1, 0.15) is 12.1 Å². The van der Waals surface area contributed by atoms with Gasteiger partial charge in [-0.3, -0.25) is 4.79 Å². The number of aldehydes is 1. The summed E-state index contributed by atoms with van der Waals surface area (Å²) in [4.78, 5) is 35.3. The first kappa shape index (κ1) is 24.2. The monoisotopic (exact) mass is 484 g/mol. The van der Waals surface area contributed by atoms with Gasteiger partial charge in [0.2, 0.25) is 0 Å². The third kappa shape index (κ3) is 4.66. The van der Waals surface area contributed by atoms with Crippen LogP contribution in [0.1, 0.15) is 41.3 Å². The molecule has 2 aliphatic heterocycles. The summed E-state index contributed by atoms with van der Waals surface area (Å²) in [5.74, 6) is 0.630. The maximum absolute atomic E-state index is 13.4. The SMILES string of the molecule is Cc1cnc(N2CCN(C(=O)c3ccc(N4C(C)CCC4C=O)cc3S(C)(=O)=O)CC2)c(C)c1. The summed E-state index contributed by atoms with van der Waals surface area (Å²) in [6.07, 6.45) is 5.47. The summed E-state index contributed by atoms with van der Waals surface area (Å²) >= 11 is 0. The number of hydrogen-bond donors (Lipinski definition) is 0. The van der Waals surface area contributed by atoms with E-state index in [1.54, 1.807) is 23.1 Å². The van der Waals surface area contributed by atoms with Crippen molar-refractivity contribution in [1.82, 2.24) is 9.88 Å². The number of rotatable bonds is 5. The zero-order valence-electron chi connectivity index (χ0n) is 20.2. The molecule has 1 amide bonds. The molecule has 2 aromatic rings. The number of hydrogen-bond acceptors (Lipinski definition) is 7. The van der Waals surface area contributed by atoms with Gasteiger partial charge in [-0.25, -0.2) is 13.4 Å². The highest BCUT2D eigenvalue weighted by atomic mass is 32.2. The lowest BCUT2D eigenvalue weighted by Gasteiger charge is -2.36. The standard InChI is InChI=1S/C25H32N4O4S/c1-17-13-18(2)24(26-15-17)27-9-11-28(12-10-27)25(31)22-8-7-20(14-23(22)34(4,32)33)29-19(3)5-6-21(29)16-30/h7-8,13-16,19,21H,5-6,9-12H2,1-4H3. The molecule has 3 heterocycles. The number of carbonyl (C=O) groups excluding carboxylic acids is 2. The first-order chi connectivity index (χ1) is 16.1. The maximum atomic E-state index is 13.4. The van der Waals surface area contributed by atoms with Crippen LogP contribution in [-0.4, -0.2) is 75.0 Å². The Morgan fingerprint density at radius 3 is 2.41 bits per heavy atom. The van der Waals surface area contributed by atoms with E-state index in [0.717, 1.165) is 42.3 Å². The first-order valence-electron chi connectivity index (χ1n) is 11.7. The molecule has 1 aromatic heterocycles. The van der Waals surface area contributed by atoms with E-state index >= 15 is 0 Å². The Morgan fingerprint density at radius 1 is 1.09 bits per heavy atom. The molecule has 2 atom stereocenters. The Hall–Kier alpha value is -2.94. The predicted molar refractivity (Wildman–Crippen MR) is 132 cm³/mol. The molecule has 2 aliphatic rings. The smallest absolute Gasteiger partial charge is 0.255 e. The molecule has 4 rings (SSSR count). The number of benzene rings is 1. The third-order valence-electron chi connectivity index (χ3n) is 6.82. The van der Waals surface area contributed by atoms with Crippen molar-refractivity contribution in [3.05, 3.63) is 47.2 Å². The molecule has 0 aliphatic carbocycles. The molecular weight excluding hydrogens is 452 g/mol. The highest BCUT2D eigenvalue weighted by Gasteiger charge is 2.33. The van der Waals surface area contributed by atoms with Gasteiger partial charge in [-0.2, -0.15) is 0 Å². The van der Waals surface area contributed by atoms with E-state index in [1.807, 2.05) is 31.9 Å². The lowest BCUT2D eigenvalue weighted by atomic mass is 10.1. The van der Waals surface area contributed by atoms with Crippen molar-refractivity contribution in [3.8, 4) is 0 Å². The van der Waals surface area contributed by atoms with Gasteiger partial charge in [-0.15, -0.1) is 0 Å². The fourth-order valence-electron chi connectivity index (χ4n) is 5.08. The van der Waals surface area contributed by atoms with E-state index < -0.39 is 9.84 Å². The Kier molecular flexibility index (Phi) is 6.66. The molecule has 9 heteroatoms. The normalized spacial score (nSPS) is 21.1. The van der Waals surface area contributed by atoms with Crippen LogP contribution in [0.15, 0.2) is 35.4 Å². The maximum Gasteiger partial charge on any atom is 0.255 e. The van der Waals surface area contributed by atoms with Crippen LogP contribution in [0.2, 0.25) is 0 Å². The molecular formula is C25H32N4O4S. The second-order valence-corrected chi connectivity index (χ2v) is 11.4. The topological polar surface area (TPSA) is 90.9 Å². The number of amides is 1. The van der Waals surface area contributed by atoms with Crippen molar-refractivity contribution in [2.75, 3.05) is 42.2 Å². The van der Waals surface area contributed by atoms with Crippen molar-refractivity contribution < 1.29 is 18.0 Å². The Morgan fingerprint density at radius 2 is 1.79 bits per heavy atom. The summed E-state index contributed by atoms with van der Waals surface area (Å²) in [6.45, 7) is 8.28. The van der Waals surface area contributed by atoms with Crippen LogP contribution >= 0.6 is 0 Å². The molecule has 0 spiro atoms. The molecule has 0 saturated carbocycles. The largest absolute Gasteiger partial charge is 0.359 e. The molecule has 2 fully saturated rings. The van der Waals surface area contributed by atoms with Gasteiger partial charge in [0.05, 0.1) is 16.5 Å². The van der Waals surface area contributed by atoms with E-state index in [-0.39, 0.29) is 28.4 Å². The minimum absolute atomic E-state index is 0.0113. The van der Waals surface area contributed by atoms with Crippen molar-refractivity contribution in [2.24, 2.45) is 0 Å². The number of nitrogens with zero attached hydrogens (tertiary/aromatic N) is 4. The minimum Gasteiger partial charge on any atom is -0.359 e. The number of carbonyl (C=O) groups is 2. The van der Waals surface area contributed by atoms with Crippen molar-refractivity contribution in [3.63, 3.8) is 0 Å². The molecule has 34 heavy (non-hydrogen) atoms. The van der Waals surface area contributed by atoms with E-state index in [0.29, 0.717) is 31.9 Å². The lowest BCUT2D eigenvalue weighted by molar-refractivity contribution is -0.108. The van der Waals surface area contributed by atoms with Crippen molar-refractivity contribution >= 4 is 33.5 Å². The summed E-state index contributed by atoms with van der Waals surface area (Å²) in [7, 11) is -3.66. The summed E-state index contributed by atoms with van der Waals surface area (Å²) in [5.41, 5.74) is 3.04. The second kappa shape index (κ2) is 9.37. The fraction of sp³-hybridized carbons (Fsp3) is 0.480. The molecule has 0 N–H and O–H groups in total. The van der Waals surface area contributed by atoms with Crippen molar-refractivity contribution in [1.29, 1.82) is 0 Å². The average Bonchev–Trinajstić information content (AvgIpc) is 3.18. The molecule has 2 saturated heterocycles. The number of anilines is 2. The van der Waals surface area contributed by atoms with Gasteiger partial charge >= 0.3 is 0 Å². The zero-order valence-corrected chi connectivity index (χ0v) is 21.0. The third-order valence-corrected chi connectivity index (χ3v) is 7.95. The Labute approximate surface area is 201 Å². The van der Waals surface area contributed by atoms with E-state index in [2.05, 4.69) is 16.0 Å². The van der Waals surface area contributed by atoms with Crippen molar-refractivity contribution in [2.45, 2.75) is 50.6 Å². The average molecular weight is 485 g/mol. The summed E-state index contributed by atoms with van der Waals surface area (Å²) in [5, 5.41) is 0. The number of piperazine rings is 1. The number of pyridine rings is 1. The number of aryl methyl sites for hydroxylation is 2. The molecule has 0 radical (unpaired) electrons. The zero-order chi connectivity index (χ0) is 24.6. The van der Waals surface area contributed by atoms with Crippen LogP contribution in [-0.2, 0) is 14.6 Å². The number of sulfone groups is 1. The van der Waals surface area contributed by atoms with E-state index in [9.17, 15) is 18.0 Å². The molecule has 0 bridgehead atoms. The summed E-state index contributed by atoms with van der Waals surface area (Å²) < 4.78 is 25.3. The van der Waals surface area contributed by atoms with Gasteiger partial charge in [0, 0.05) is 50.4 Å². The highest BCUT2D eigenvalue weighted by molar-refractivity contribution is 7.90. The van der Waals surface area contributed by atoms with Gasteiger partial charge in [-0.1, -0.05) is 6.07 Å². The van der Waals surface area contributed by atoms with E-state index in [1.165, 1.54) is 0 Å². The second-order valence-electron chi connectivity index (χ2n) is 9.42. The minimum atomic E-state index is -3.66. The summed E-state index contributed by atoms with van der Waals surface area (Å²) in [6, 6.07) is 6.84. The lowest BCUT2D eigenvalue weighted by Crippen LogP contribution is -2.49. The Balaban J connectivity index is 1.57. The quantitative estimate of drug-likeness (QED) is 0.603. The molecule has 182 valence electrons. The first-order valence-corrected chi connectivity index (χ1v) is 13.5. The fourth-order valence-corrected chi connectivity index (χ4v) is 5.97. The Bertz CT molecular complexity index is 1210. The van der Waals surface area contributed by atoms with Gasteiger partial charge < -0.3 is 19.5 Å². The van der Waals surface area contributed by atoms with Crippen LogP contribution in [0.25, 0.3) is 0 Å². The van der Waals surface area contributed by atoms with Gasteiger partial charge in [0.15, 0.2) is 9.84 Å². The van der Waals surface area contributed by atoms with Gasteiger partial charge in [0.25, 0.3) is 5.91 Å². The van der Waals surface area contributed by atoms with Crippen LogP contribution in [0.3, 0.4) is 0 Å². The molecule has 2 unspecified atom stereocenters. The van der Waals surface area contributed by atoms with Crippen LogP contribution in [0, 0.1) is 13.8 Å².